The van der Waals surface area contributed by atoms with Gasteiger partial charge in [-0.1, -0.05) is 0 Å². The van der Waals surface area contributed by atoms with Gasteiger partial charge < -0.3 is 5.32 Å². The lowest BCUT2D eigenvalue weighted by Gasteiger charge is -2.09. The molecule has 20 heavy (non-hydrogen) atoms. The first kappa shape index (κ1) is 14.3. The third-order valence-corrected chi connectivity index (χ3v) is 3.97. The van der Waals surface area contributed by atoms with Gasteiger partial charge in [0.25, 0.3) is 10.0 Å². The number of halogens is 2. The molecular weight excluding hydrogens is 286 g/mol. The molecule has 0 aliphatic heterocycles. The minimum Gasteiger partial charge on any atom is -0.388 e. The predicted octanol–water partition coefficient (Wildman–Crippen LogP) is 2.81. The van der Waals surface area contributed by atoms with Gasteiger partial charge in [0.1, 0.15) is 11.6 Å². The van der Waals surface area contributed by atoms with Crippen LogP contribution in [0.3, 0.4) is 0 Å². The van der Waals surface area contributed by atoms with Gasteiger partial charge in [0.15, 0.2) is 0 Å². The van der Waals surface area contributed by atoms with E-state index in [4.69, 9.17) is 0 Å². The Kier molecular flexibility index (Phi) is 3.89. The molecule has 0 fully saturated rings. The van der Waals surface area contributed by atoms with Crippen molar-refractivity contribution in [1.82, 2.24) is 0 Å². The van der Waals surface area contributed by atoms with Crippen molar-refractivity contribution in [2.24, 2.45) is 0 Å². The van der Waals surface area contributed by atoms with Crippen molar-refractivity contribution in [3.8, 4) is 0 Å². The van der Waals surface area contributed by atoms with Gasteiger partial charge in [0, 0.05) is 18.8 Å². The van der Waals surface area contributed by atoms with Crippen LogP contribution in [0, 0.1) is 11.6 Å². The summed E-state index contributed by atoms with van der Waals surface area (Å²) < 4.78 is 52.3. The fourth-order valence-electron chi connectivity index (χ4n) is 1.63. The minimum atomic E-state index is -3.88. The summed E-state index contributed by atoms with van der Waals surface area (Å²) in [5.41, 5.74) is 0.584. The quantitative estimate of drug-likeness (QED) is 0.912. The Bertz CT molecular complexity index is 695. The van der Waals surface area contributed by atoms with Crippen LogP contribution in [0.5, 0.6) is 0 Å². The van der Waals surface area contributed by atoms with E-state index in [1.165, 1.54) is 12.1 Å². The Morgan fingerprint density at radius 3 is 1.95 bits per heavy atom. The third-order valence-electron chi connectivity index (χ3n) is 2.57. The highest BCUT2D eigenvalue weighted by Crippen LogP contribution is 2.19. The van der Waals surface area contributed by atoms with Crippen LogP contribution < -0.4 is 10.0 Å². The SMILES string of the molecule is CNc1ccc(S(=O)(=O)Nc2cc(F)cc(F)c2)cc1. The van der Waals surface area contributed by atoms with Crippen molar-refractivity contribution >= 4 is 21.4 Å². The van der Waals surface area contributed by atoms with E-state index < -0.39 is 21.7 Å². The van der Waals surface area contributed by atoms with Crippen LogP contribution in [0.4, 0.5) is 20.2 Å². The number of anilines is 2. The summed E-state index contributed by atoms with van der Waals surface area (Å²) >= 11 is 0. The molecule has 2 N–H and O–H groups in total. The van der Waals surface area contributed by atoms with Gasteiger partial charge in [-0.25, -0.2) is 17.2 Å². The van der Waals surface area contributed by atoms with Crippen LogP contribution >= 0.6 is 0 Å². The van der Waals surface area contributed by atoms with Crippen molar-refractivity contribution < 1.29 is 17.2 Å². The largest absolute Gasteiger partial charge is 0.388 e. The van der Waals surface area contributed by atoms with E-state index in [9.17, 15) is 17.2 Å². The second-order valence-electron chi connectivity index (χ2n) is 4.04. The summed E-state index contributed by atoms with van der Waals surface area (Å²) in [4.78, 5) is 0.00108. The summed E-state index contributed by atoms with van der Waals surface area (Å²) in [6, 6.07) is 8.43. The summed E-state index contributed by atoms with van der Waals surface area (Å²) in [7, 11) is -2.18. The highest BCUT2D eigenvalue weighted by atomic mass is 32.2. The molecule has 0 spiro atoms. The standard InChI is InChI=1S/C13H12F2N2O2S/c1-16-11-2-4-13(5-3-11)20(18,19)17-12-7-9(14)6-10(15)8-12/h2-8,16-17H,1H3. The number of benzene rings is 2. The maximum absolute atomic E-state index is 13.0. The topological polar surface area (TPSA) is 58.2 Å². The Hall–Kier alpha value is -2.15. The zero-order valence-corrected chi connectivity index (χ0v) is 11.3. The Morgan fingerprint density at radius 1 is 0.900 bits per heavy atom. The van der Waals surface area contributed by atoms with Crippen LogP contribution in [-0.2, 0) is 10.0 Å². The molecule has 0 bridgehead atoms. The molecule has 0 amide bonds. The Labute approximate surface area is 115 Å². The van der Waals surface area contributed by atoms with Gasteiger partial charge in [0.2, 0.25) is 0 Å². The van der Waals surface area contributed by atoms with Crippen molar-refractivity contribution in [3.05, 3.63) is 54.1 Å². The van der Waals surface area contributed by atoms with Crippen LogP contribution in [0.15, 0.2) is 47.4 Å². The normalized spacial score (nSPS) is 11.2. The Morgan fingerprint density at radius 2 is 1.45 bits per heavy atom. The van der Waals surface area contributed by atoms with Gasteiger partial charge in [-0.05, 0) is 36.4 Å². The molecular formula is C13H12F2N2O2S. The van der Waals surface area contributed by atoms with Crippen molar-refractivity contribution in [1.29, 1.82) is 0 Å². The second kappa shape index (κ2) is 5.46. The monoisotopic (exact) mass is 298 g/mol. The van der Waals surface area contributed by atoms with Gasteiger partial charge >= 0.3 is 0 Å². The molecule has 106 valence electrons. The highest BCUT2D eigenvalue weighted by Gasteiger charge is 2.15. The average Bonchev–Trinajstić information content (AvgIpc) is 2.37. The first-order valence-electron chi connectivity index (χ1n) is 5.67. The maximum Gasteiger partial charge on any atom is 0.261 e. The first-order chi connectivity index (χ1) is 9.40. The molecule has 0 heterocycles. The fraction of sp³-hybridized carbons (Fsp3) is 0.0769. The lowest BCUT2D eigenvalue weighted by molar-refractivity contribution is 0.584. The van der Waals surface area contributed by atoms with E-state index >= 15 is 0 Å². The molecule has 7 heteroatoms. The summed E-state index contributed by atoms with van der Waals surface area (Å²) in [5, 5.41) is 2.86. The van der Waals surface area contributed by atoms with E-state index in [0.29, 0.717) is 6.07 Å². The molecule has 0 aliphatic carbocycles. The van der Waals surface area contributed by atoms with E-state index in [0.717, 1.165) is 17.8 Å². The van der Waals surface area contributed by atoms with E-state index in [1.807, 2.05) is 0 Å². The lowest BCUT2D eigenvalue weighted by Crippen LogP contribution is -2.13. The van der Waals surface area contributed by atoms with Crippen LogP contribution in [0.1, 0.15) is 0 Å². The number of hydrogen-bond acceptors (Lipinski definition) is 3. The molecule has 0 aromatic heterocycles. The van der Waals surface area contributed by atoms with E-state index in [2.05, 4.69) is 10.0 Å². The lowest BCUT2D eigenvalue weighted by atomic mass is 10.3. The summed E-state index contributed by atoms with van der Waals surface area (Å²) in [6.07, 6.45) is 0. The zero-order valence-electron chi connectivity index (χ0n) is 10.5. The van der Waals surface area contributed by atoms with Gasteiger partial charge in [0.05, 0.1) is 10.6 Å². The van der Waals surface area contributed by atoms with Gasteiger partial charge in [-0.3, -0.25) is 4.72 Å². The third kappa shape index (κ3) is 3.24. The van der Waals surface area contributed by atoms with E-state index in [1.54, 1.807) is 19.2 Å². The predicted molar refractivity (Wildman–Crippen MR) is 73.2 cm³/mol. The smallest absolute Gasteiger partial charge is 0.261 e. The molecule has 0 saturated carbocycles. The highest BCUT2D eigenvalue weighted by molar-refractivity contribution is 7.92. The molecule has 0 atom stereocenters. The van der Waals surface area contributed by atoms with Crippen molar-refractivity contribution in [2.45, 2.75) is 4.90 Å². The van der Waals surface area contributed by atoms with Crippen LogP contribution in [-0.4, -0.2) is 15.5 Å². The molecule has 2 aromatic rings. The van der Waals surface area contributed by atoms with Crippen LogP contribution in [0.25, 0.3) is 0 Å². The molecule has 0 radical (unpaired) electrons. The van der Waals surface area contributed by atoms with Crippen molar-refractivity contribution in [3.63, 3.8) is 0 Å². The molecule has 2 rings (SSSR count). The fourth-order valence-corrected chi connectivity index (χ4v) is 2.67. The molecule has 0 saturated heterocycles. The summed E-state index contributed by atoms with van der Waals surface area (Å²) in [5.74, 6) is -1.71. The molecule has 2 aromatic carbocycles. The zero-order chi connectivity index (χ0) is 14.8. The number of sulfonamides is 1. The molecule has 4 nitrogen and oxygen atoms in total. The van der Waals surface area contributed by atoms with Crippen molar-refractivity contribution in [2.75, 3.05) is 17.1 Å². The van der Waals surface area contributed by atoms with Gasteiger partial charge in [-0.2, -0.15) is 0 Å². The summed E-state index contributed by atoms with van der Waals surface area (Å²) in [6.45, 7) is 0. The first-order valence-corrected chi connectivity index (χ1v) is 7.16. The maximum atomic E-state index is 13.0. The minimum absolute atomic E-state index is 0.00108. The van der Waals surface area contributed by atoms with E-state index in [-0.39, 0.29) is 10.6 Å². The second-order valence-corrected chi connectivity index (χ2v) is 5.72. The van der Waals surface area contributed by atoms with Gasteiger partial charge in [-0.15, -0.1) is 0 Å². The number of hydrogen-bond donors (Lipinski definition) is 2. The number of nitrogens with one attached hydrogen (secondary N) is 2. The molecule has 0 aliphatic rings. The van der Waals surface area contributed by atoms with Crippen LogP contribution in [0.2, 0.25) is 0 Å². The number of rotatable bonds is 4. The average molecular weight is 298 g/mol. The molecule has 0 unspecified atom stereocenters. The Balaban J connectivity index is 2.30.